The number of rotatable bonds is 4. The van der Waals surface area contributed by atoms with Gasteiger partial charge < -0.3 is 10.4 Å². The molecule has 1 aromatic heterocycles. The molecule has 0 aliphatic carbocycles. The minimum Gasteiger partial charge on any atom is -0.480 e. The molecule has 0 aliphatic heterocycles. The van der Waals surface area contributed by atoms with E-state index in [0.717, 1.165) is 11.5 Å². The van der Waals surface area contributed by atoms with Gasteiger partial charge in [0.05, 0.1) is 6.20 Å². The molecular weight excluding hydrogens is 220 g/mol. The third kappa shape index (κ3) is 3.50. The fourth-order valence-corrected chi connectivity index (χ4v) is 1.28. The van der Waals surface area contributed by atoms with Crippen LogP contribution in [0.25, 0.3) is 0 Å². The van der Waals surface area contributed by atoms with Crippen molar-refractivity contribution in [2.24, 2.45) is 0 Å². The largest absolute Gasteiger partial charge is 0.480 e. The summed E-state index contributed by atoms with van der Waals surface area (Å²) in [7, 11) is 0. The normalized spacial score (nSPS) is 11.8. The van der Waals surface area contributed by atoms with Crippen molar-refractivity contribution in [1.29, 1.82) is 0 Å². The zero-order chi connectivity index (χ0) is 11.3. The highest BCUT2D eigenvalue weighted by atomic mass is 32.1. The Morgan fingerprint density at radius 2 is 2.40 bits per heavy atom. The molecule has 0 radical (unpaired) electrons. The van der Waals surface area contributed by atoms with E-state index in [0.29, 0.717) is 11.4 Å². The number of amides is 2. The number of carbonyl (C=O) groups excluding carboxylic acids is 1. The molecule has 15 heavy (non-hydrogen) atoms. The standard InChI is InChI=1S/C7H10N4O3S/c1-2-4(6(12)13)9-7(14)10-5-3-8-11-15-5/h3-4H,2H2,1H3,(H,12,13)(H2,9,10,14). The van der Waals surface area contributed by atoms with E-state index in [2.05, 4.69) is 20.2 Å². The summed E-state index contributed by atoms with van der Waals surface area (Å²) in [6.07, 6.45) is 1.70. The SMILES string of the molecule is CCC(NC(=O)Nc1cnns1)C(=O)O. The van der Waals surface area contributed by atoms with Crippen molar-refractivity contribution in [2.45, 2.75) is 19.4 Å². The molecule has 0 saturated heterocycles. The van der Waals surface area contributed by atoms with Gasteiger partial charge >= 0.3 is 12.0 Å². The van der Waals surface area contributed by atoms with Gasteiger partial charge in [-0.05, 0) is 6.42 Å². The summed E-state index contributed by atoms with van der Waals surface area (Å²) in [6.45, 7) is 1.67. The Morgan fingerprint density at radius 3 is 2.87 bits per heavy atom. The van der Waals surface area contributed by atoms with Crippen molar-refractivity contribution < 1.29 is 14.7 Å². The highest BCUT2D eigenvalue weighted by Gasteiger charge is 2.17. The third-order valence-corrected chi connectivity index (χ3v) is 2.19. The van der Waals surface area contributed by atoms with Crippen LogP contribution >= 0.6 is 11.5 Å². The molecule has 0 saturated carbocycles. The fraction of sp³-hybridized carbons (Fsp3) is 0.429. The molecule has 82 valence electrons. The van der Waals surface area contributed by atoms with Crippen molar-refractivity contribution in [3.63, 3.8) is 0 Å². The predicted octanol–water partition coefficient (Wildman–Crippen LogP) is 0.523. The van der Waals surface area contributed by atoms with Crippen LogP contribution in [0.3, 0.4) is 0 Å². The van der Waals surface area contributed by atoms with Gasteiger partial charge in [-0.1, -0.05) is 11.4 Å². The average Bonchev–Trinajstić information content (AvgIpc) is 2.66. The van der Waals surface area contributed by atoms with Crippen LogP contribution < -0.4 is 10.6 Å². The van der Waals surface area contributed by atoms with Crippen LogP contribution in [0.1, 0.15) is 13.3 Å². The van der Waals surface area contributed by atoms with Gasteiger partial charge in [0, 0.05) is 11.5 Å². The number of nitrogens with one attached hydrogen (secondary N) is 2. The van der Waals surface area contributed by atoms with E-state index in [1.165, 1.54) is 6.20 Å². The lowest BCUT2D eigenvalue weighted by Gasteiger charge is -2.11. The van der Waals surface area contributed by atoms with E-state index in [-0.39, 0.29) is 0 Å². The number of aromatic nitrogens is 2. The molecule has 0 aromatic carbocycles. The Bertz CT molecular complexity index is 340. The smallest absolute Gasteiger partial charge is 0.326 e. The van der Waals surface area contributed by atoms with Gasteiger partial charge in [-0.25, -0.2) is 9.59 Å². The van der Waals surface area contributed by atoms with E-state index in [9.17, 15) is 9.59 Å². The lowest BCUT2D eigenvalue weighted by Crippen LogP contribution is -2.42. The van der Waals surface area contributed by atoms with Gasteiger partial charge in [-0.3, -0.25) is 5.32 Å². The first-order chi connectivity index (χ1) is 7.13. The van der Waals surface area contributed by atoms with Crippen LogP contribution in [0.5, 0.6) is 0 Å². The molecule has 7 nitrogen and oxygen atoms in total. The van der Waals surface area contributed by atoms with Crippen LogP contribution in [0, 0.1) is 0 Å². The maximum absolute atomic E-state index is 11.2. The van der Waals surface area contributed by atoms with E-state index in [4.69, 9.17) is 5.11 Å². The first kappa shape index (κ1) is 11.4. The summed E-state index contributed by atoms with van der Waals surface area (Å²) in [5, 5.41) is 17.4. The van der Waals surface area contributed by atoms with Gasteiger partial charge in [0.2, 0.25) is 0 Å². The Labute approximate surface area is 89.7 Å². The molecule has 1 unspecified atom stereocenters. The predicted molar refractivity (Wildman–Crippen MR) is 53.8 cm³/mol. The fourth-order valence-electron chi connectivity index (χ4n) is 0.867. The summed E-state index contributed by atoms with van der Waals surface area (Å²) in [4.78, 5) is 21.9. The molecule has 3 N–H and O–H groups in total. The molecule has 8 heteroatoms. The van der Waals surface area contributed by atoms with Crippen LogP contribution in [0.4, 0.5) is 9.80 Å². The topological polar surface area (TPSA) is 104 Å². The zero-order valence-electron chi connectivity index (χ0n) is 7.93. The number of urea groups is 1. The Morgan fingerprint density at radius 1 is 1.67 bits per heavy atom. The number of hydrogen-bond donors (Lipinski definition) is 3. The molecule has 1 atom stereocenters. The molecule has 1 rings (SSSR count). The molecule has 1 heterocycles. The van der Waals surface area contributed by atoms with Crippen molar-refractivity contribution >= 4 is 28.5 Å². The monoisotopic (exact) mass is 230 g/mol. The van der Waals surface area contributed by atoms with Gasteiger partial charge in [0.25, 0.3) is 0 Å². The molecule has 0 fully saturated rings. The molecule has 1 aromatic rings. The second kappa shape index (κ2) is 5.25. The highest BCUT2D eigenvalue weighted by molar-refractivity contribution is 7.10. The van der Waals surface area contributed by atoms with Crippen LogP contribution in [0.15, 0.2) is 6.20 Å². The maximum atomic E-state index is 11.2. The van der Waals surface area contributed by atoms with Crippen molar-refractivity contribution in [2.75, 3.05) is 5.32 Å². The lowest BCUT2D eigenvalue weighted by atomic mass is 10.2. The van der Waals surface area contributed by atoms with Gasteiger partial charge in [0.1, 0.15) is 11.0 Å². The minimum absolute atomic E-state index is 0.323. The highest BCUT2D eigenvalue weighted by Crippen LogP contribution is 2.08. The van der Waals surface area contributed by atoms with Gasteiger partial charge in [-0.2, -0.15) is 0 Å². The quantitative estimate of drug-likeness (QED) is 0.699. The summed E-state index contributed by atoms with van der Waals surface area (Å²) in [5.74, 6) is -1.06. The number of carboxylic acids is 1. The van der Waals surface area contributed by atoms with E-state index >= 15 is 0 Å². The molecule has 2 amide bonds. The number of aliphatic carboxylic acids is 1. The van der Waals surface area contributed by atoms with E-state index in [1.54, 1.807) is 6.92 Å². The number of nitrogens with zero attached hydrogens (tertiary/aromatic N) is 2. The zero-order valence-corrected chi connectivity index (χ0v) is 8.74. The molecule has 0 spiro atoms. The Kier molecular flexibility index (Phi) is 3.98. The van der Waals surface area contributed by atoms with Crippen LogP contribution in [0.2, 0.25) is 0 Å². The second-order valence-electron chi connectivity index (χ2n) is 2.68. The van der Waals surface area contributed by atoms with Gasteiger partial charge in [-0.15, -0.1) is 5.10 Å². The summed E-state index contributed by atoms with van der Waals surface area (Å²) in [5.41, 5.74) is 0. The Hall–Kier alpha value is -1.70. The second-order valence-corrected chi connectivity index (χ2v) is 3.46. The van der Waals surface area contributed by atoms with Crippen LogP contribution in [-0.2, 0) is 4.79 Å². The molecule has 0 aliphatic rings. The third-order valence-electron chi connectivity index (χ3n) is 1.61. The molecule has 0 bridgehead atoms. The Balaban J connectivity index is 2.45. The number of carbonyl (C=O) groups is 2. The van der Waals surface area contributed by atoms with Crippen molar-refractivity contribution in [3.8, 4) is 0 Å². The van der Waals surface area contributed by atoms with Crippen LogP contribution in [-0.4, -0.2) is 32.7 Å². The first-order valence-electron chi connectivity index (χ1n) is 4.21. The molecular formula is C7H10N4O3S. The van der Waals surface area contributed by atoms with Crippen molar-refractivity contribution in [3.05, 3.63) is 6.20 Å². The van der Waals surface area contributed by atoms with E-state index < -0.39 is 18.0 Å². The van der Waals surface area contributed by atoms with E-state index in [1.807, 2.05) is 0 Å². The number of anilines is 1. The average molecular weight is 230 g/mol. The van der Waals surface area contributed by atoms with Gasteiger partial charge in [0.15, 0.2) is 0 Å². The maximum Gasteiger partial charge on any atom is 0.326 e. The first-order valence-corrected chi connectivity index (χ1v) is 4.98. The number of carboxylic acid groups (broad SMARTS) is 1. The van der Waals surface area contributed by atoms with Crippen molar-refractivity contribution in [1.82, 2.24) is 14.9 Å². The summed E-state index contributed by atoms with van der Waals surface area (Å²) < 4.78 is 3.54. The number of hydrogen-bond acceptors (Lipinski definition) is 5. The minimum atomic E-state index is -1.06. The lowest BCUT2D eigenvalue weighted by molar-refractivity contribution is -0.139. The summed E-state index contributed by atoms with van der Waals surface area (Å²) in [6, 6.07) is -1.46. The summed E-state index contributed by atoms with van der Waals surface area (Å²) >= 11 is 1.01.